The van der Waals surface area contributed by atoms with Crippen LogP contribution in [0.4, 0.5) is 0 Å². The van der Waals surface area contributed by atoms with E-state index < -0.39 is 0 Å². The van der Waals surface area contributed by atoms with Crippen LogP contribution in [0.1, 0.15) is 43.1 Å². The van der Waals surface area contributed by atoms with Gasteiger partial charge in [-0.25, -0.2) is 0 Å². The van der Waals surface area contributed by atoms with Crippen molar-refractivity contribution < 1.29 is 9.53 Å². The highest BCUT2D eigenvalue weighted by atomic mass is 16.5. The number of aromatic nitrogens is 2. The summed E-state index contributed by atoms with van der Waals surface area (Å²) in [6.07, 6.45) is 5.01. The zero-order chi connectivity index (χ0) is 13.5. The number of ether oxygens (including phenoxy) is 1. The Morgan fingerprint density at radius 3 is 2.83 bits per heavy atom. The van der Waals surface area contributed by atoms with Crippen LogP contribution < -0.4 is 10.5 Å². The van der Waals surface area contributed by atoms with Gasteiger partial charge in [-0.15, -0.1) is 0 Å². The van der Waals surface area contributed by atoms with E-state index in [9.17, 15) is 4.79 Å². The number of methoxy groups -OCH3 is 1. The first-order valence-corrected chi connectivity index (χ1v) is 6.43. The molecule has 1 rings (SSSR count). The third kappa shape index (κ3) is 3.57. The Labute approximate surface area is 108 Å². The summed E-state index contributed by atoms with van der Waals surface area (Å²) in [5, 5.41) is 4.04. The molecule has 0 aliphatic rings. The number of nitrogens with zero attached hydrogens (tertiary/aromatic N) is 2. The van der Waals surface area contributed by atoms with E-state index in [1.807, 2.05) is 0 Å². The summed E-state index contributed by atoms with van der Waals surface area (Å²) in [6.45, 7) is 2.82. The first-order chi connectivity index (χ1) is 8.63. The number of rotatable bonds is 8. The number of hydrogen-bond acceptors (Lipinski definition) is 4. The summed E-state index contributed by atoms with van der Waals surface area (Å²) in [7, 11) is 3.31. The zero-order valence-electron chi connectivity index (χ0n) is 11.5. The molecule has 0 saturated carbocycles. The van der Waals surface area contributed by atoms with Crippen molar-refractivity contribution >= 4 is 5.78 Å². The minimum atomic E-state index is 0.0855. The highest BCUT2D eigenvalue weighted by Crippen LogP contribution is 2.21. The van der Waals surface area contributed by atoms with Crippen LogP contribution in [-0.2, 0) is 7.05 Å². The van der Waals surface area contributed by atoms with Crippen LogP contribution in [0.3, 0.4) is 0 Å². The van der Waals surface area contributed by atoms with Gasteiger partial charge in [0.05, 0.1) is 13.3 Å². The Kier molecular flexibility index (Phi) is 5.85. The van der Waals surface area contributed by atoms with Crippen molar-refractivity contribution in [2.24, 2.45) is 18.7 Å². The Balaban J connectivity index is 2.62. The van der Waals surface area contributed by atoms with Crippen molar-refractivity contribution in [3.05, 3.63) is 11.9 Å². The highest BCUT2D eigenvalue weighted by molar-refractivity contribution is 5.96. The second-order valence-corrected chi connectivity index (χ2v) is 4.50. The van der Waals surface area contributed by atoms with Crippen LogP contribution in [0, 0.1) is 5.92 Å². The van der Waals surface area contributed by atoms with Crippen molar-refractivity contribution in [3.8, 4) is 5.75 Å². The molecule has 0 bridgehead atoms. The van der Waals surface area contributed by atoms with Gasteiger partial charge < -0.3 is 10.5 Å². The molecule has 0 radical (unpaired) electrons. The van der Waals surface area contributed by atoms with Crippen molar-refractivity contribution in [1.82, 2.24) is 9.78 Å². The average Bonchev–Trinajstić information content (AvgIpc) is 2.75. The second kappa shape index (κ2) is 7.16. The van der Waals surface area contributed by atoms with Crippen molar-refractivity contribution in [3.63, 3.8) is 0 Å². The summed E-state index contributed by atoms with van der Waals surface area (Å²) < 4.78 is 6.72. The number of Topliss-reactive ketones (excluding diaryl/α,β-unsaturated/α-hetero) is 1. The summed E-state index contributed by atoms with van der Waals surface area (Å²) in [5.41, 5.74) is 6.11. The average molecular weight is 253 g/mol. The molecule has 2 N–H and O–H groups in total. The molecule has 1 atom stereocenters. The minimum absolute atomic E-state index is 0.0855. The van der Waals surface area contributed by atoms with Crippen LogP contribution in [0.15, 0.2) is 6.20 Å². The lowest BCUT2D eigenvalue weighted by atomic mass is 9.95. The summed E-state index contributed by atoms with van der Waals surface area (Å²) in [4.78, 5) is 12.2. The number of carbonyl (C=O) groups is 1. The number of ketones is 1. The quantitative estimate of drug-likeness (QED) is 0.717. The minimum Gasteiger partial charge on any atom is -0.493 e. The van der Waals surface area contributed by atoms with E-state index in [4.69, 9.17) is 10.5 Å². The summed E-state index contributed by atoms with van der Waals surface area (Å²) in [6, 6.07) is 0. The van der Waals surface area contributed by atoms with Gasteiger partial charge in [-0.3, -0.25) is 9.48 Å². The first kappa shape index (κ1) is 14.7. The smallest absolute Gasteiger partial charge is 0.184 e. The number of hydrogen-bond donors (Lipinski definition) is 1. The summed E-state index contributed by atoms with van der Waals surface area (Å²) in [5.74, 6) is 1.16. The Morgan fingerprint density at radius 2 is 2.28 bits per heavy atom. The lowest BCUT2D eigenvalue weighted by Gasteiger charge is -2.13. The Hall–Kier alpha value is -1.36. The molecule has 1 heterocycles. The van der Waals surface area contributed by atoms with Crippen molar-refractivity contribution in [2.75, 3.05) is 13.7 Å². The van der Waals surface area contributed by atoms with E-state index >= 15 is 0 Å². The molecule has 0 amide bonds. The molecule has 0 aliphatic heterocycles. The molecule has 5 nitrogen and oxygen atoms in total. The molecule has 1 aromatic heterocycles. The van der Waals surface area contributed by atoms with Gasteiger partial charge in [-0.1, -0.05) is 13.3 Å². The van der Waals surface area contributed by atoms with E-state index in [0.29, 0.717) is 30.3 Å². The SMILES string of the molecule is CCC(CCN)CCC(=O)c1c(OC)cnn1C. The first-order valence-electron chi connectivity index (χ1n) is 6.43. The number of aryl methyl sites for hydroxylation is 1. The van der Waals surface area contributed by atoms with Crippen LogP contribution in [0.25, 0.3) is 0 Å². The standard InChI is InChI=1S/C13H23N3O2/c1-4-10(7-8-14)5-6-11(17)13-12(18-3)9-15-16(13)2/h9-10H,4-8,14H2,1-3H3. The van der Waals surface area contributed by atoms with Gasteiger partial charge in [-0.2, -0.15) is 5.10 Å². The van der Waals surface area contributed by atoms with E-state index in [-0.39, 0.29) is 5.78 Å². The maximum Gasteiger partial charge on any atom is 0.184 e. The van der Waals surface area contributed by atoms with E-state index in [2.05, 4.69) is 12.0 Å². The molecule has 0 fully saturated rings. The fraction of sp³-hybridized carbons (Fsp3) is 0.692. The number of carbonyl (C=O) groups excluding carboxylic acids is 1. The molecule has 0 aliphatic carbocycles. The molecule has 1 aromatic rings. The number of nitrogens with two attached hydrogens (primary N) is 1. The molecular weight excluding hydrogens is 230 g/mol. The monoisotopic (exact) mass is 253 g/mol. The molecule has 5 heteroatoms. The predicted octanol–water partition coefficient (Wildman–Crippen LogP) is 1.77. The van der Waals surface area contributed by atoms with Gasteiger partial charge in [0.1, 0.15) is 5.69 Å². The molecule has 0 saturated heterocycles. The topological polar surface area (TPSA) is 70.1 Å². The van der Waals surface area contributed by atoms with Gasteiger partial charge in [0, 0.05) is 13.5 Å². The second-order valence-electron chi connectivity index (χ2n) is 4.50. The van der Waals surface area contributed by atoms with Gasteiger partial charge in [0.25, 0.3) is 0 Å². The van der Waals surface area contributed by atoms with Crippen LogP contribution in [0.2, 0.25) is 0 Å². The lowest BCUT2D eigenvalue weighted by molar-refractivity contribution is 0.0960. The maximum atomic E-state index is 12.2. The van der Waals surface area contributed by atoms with Gasteiger partial charge >= 0.3 is 0 Å². The highest BCUT2D eigenvalue weighted by Gasteiger charge is 2.18. The third-order valence-electron chi connectivity index (χ3n) is 3.32. The molecule has 0 aromatic carbocycles. The van der Waals surface area contributed by atoms with E-state index in [1.165, 1.54) is 0 Å². The molecule has 102 valence electrons. The van der Waals surface area contributed by atoms with E-state index in [1.54, 1.807) is 25.0 Å². The van der Waals surface area contributed by atoms with Crippen LogP contribution >= 0.6 is 0 Å². The van der Waals surface area contributed by atoms with Crippen LogP contribution in [-0.4, -0.2) is 29.2 Å². The van der Waals surface area contributed by atoms with Gasteiger partial charge in [0.2, 0.25) is 0 Å². The molecular formula is C13H23N3O2. The molecule has 0 spiro atoms. The largest absolute Gasteiger partial charge is 0.493 e. The Bertz CT molecular complexity index is 388. The molecule has 1 unspecified atom stereocenters. The maximum absolute atomic E-state index is 12.2. The normalized spacial score (nSPS) is 12.4. The zero-order valence-corrected chi connectivity index (χ0v) is 11.5. The summed E-state index contributed by atoms with van der Waals surface area (Å²) >= 11 is 0. The van der Waals surface area contributed by atoms with Crippen molar-refractivity contribution in [1.29, 1.82) is 0 Å². The predicted molar refractivity (Wildman–Crippen MR) is 70.8 cm³/mol. The fourth-order valence-corrected chi connectivity index (χ4v) is 2.13. The van der Waals surface area contributed by atoms with Gasteiger partial charge in [-0.05, 0) is 25.3 Å². The Morgan fingerprint density at radius 1 is 1.56 bits per heavy atom. The molecule has 18 heavy (non-hydrogen) atoms. The fourth-order valence-electron chi connectivity index (χ4n) is 2.13. The third-order valence-corrected chi connectivity index (χ3v) is 3.32. The van der Waals surface area contributed by atoms with E-state index in [0.717, 1.165) is 19.3 Å². The van der Waals surface area contributed by atoms with Crippen molar-refractivity contribution in [2.45, 2.75) is 32.6 Å². The van der Waals surface area contributed by atoms with Crippen LogP contribution in [0.5, 0.6) is 5.75 Å². The lowest BCUT2D eigenvalue weighted by Crippen LogP contribution is -2.12. The van der Waals surface area contributed by atoms with Gasteiger partial charge in [0.15, 0.2) is 11.5 Å².